The summed E-state index contributed by atoms with van der Waals surface area (Å²) in [6, 6.07) is 13.8. The number of carbonyl (C=O) groups is 2. The lowest BCUT2D eigenvalue weighted by atomic mass is 10.2. The van der Waals surface area contributed by atoms with Gasteiger partial charge in [0.2, 0.25) is 0 Å². The Morgan fingerprint density at radius 2 is 2.03 bits per heavy atom. The van der Waals surface area contributed by atoms with E-state index in [-0.39, 0.29) is 18.6 Å². The largest absolute Gasteiger partial charge is 0.452 e. The van der Waals surface area contributed by atoms with E-state index in [1.807, 2.05) is 61.0 Å². The Kier molecular flexibility index (Phi) is 7.57. The van der Waals surface area contributed by atoms with Gasteiger partial charge in [0.05, 0.1) is 10.6 Å². The van der Waals surface area contributed by atoms with E-state index in [0.29, 0.717) is 0 Å². The van der Waals surface area contributed by atoms with Crippen LogP contribution in [0.5, 0.6) is 0 Å². The molecule has 0 saturated heterocycles. The zero-order chi connectivity index (χ0) is 21.3. The van der Waals surface area contributed by atoms with Crippen molar-refractivity contribution in [1.29, 1.82) is 0 Å². The predicted octanol–water partition coefficient (Wildman–Crippen LogP) is 4.46. The van der Waals surface area contributed by atoms with Crippen LogP contribution >= 0.6 is 11.3 Å². The molecule has 3 rings (SSSR count). The first kappa shape index (κ1) is 21.5. The SMILES string of the molecule is CCC[C@H](C)NC(=O)COC(=O)/C=C/c1cn(-c2ccccc2)nc1-c1cccs1. The number of amides is 1. The second-order valence-corrected chi connectivity index (χ2v) is 7.84. The highest BCUT2D eigenvalue weighted by Gasteiger charge is 2.12. The Bertz CT molecular complexity index is 994. The van der Waals surface area contributed by atoms with Crippen LogP contribution in [0.15, 0.2) is 60.1 Å². The molecule has 0 aliphatic carbocycles. The van der Waals surface area contributed by atoms with Crippen LogP contribution in [-0.2, 0) is 14.3 Å². The van der Waals surface area contributed by atoms with Crippen LogP contribution in [0.25, 0.3) is 22.3 Å². The second-order valence-electron chi connectivity index (χ2n) is 6.89. The lowest BCUT2D eigenvalue weighted by Crippen LogP contribution is -2.35. The molecular weight excluding hydrogens is 398 g/mol. The fraction of sp³-hybridized carbons (Fsp3) is 0.261. The van der Waals surface area contributed by atoms with Crippen LogP contribution in [0.1, 0.15) is 32.3 Å². The van der Waals surface area contributed by atoms with E-state index in [1.165, 1.54) is 6.08 Å². The first-order valence-corrected chi connectivity index (χ1v) is 10.8. The van der Waals surface area contributed by atoms with Gasteiger partial charge in [-0.15, -0.1) is 11.3 Å². The van der Waals surface area contributed by atoms with Crippen molar-refractivity contribution in [2.24, 2.45) is 0 Å². The van der Waals surface area contributed by atoms with Gasteiger partial charge in [0.15, 0.2) is 6.61 Å². The van der Waals surface area contributed by atoms with Gasteiger partial charge in [0.25, 0.3) is 5.91 Å². The molecule has 2 aromatic heterocycles. The van der Waals surface area contributed by atoms with Crippen molar-refractivity contribution < 1.29 is 14.3 Å². The first-order valence-electron chi connectivity index (χ1n) is 9.90. The Labute approximate surface area is 180 Å². The van der Waals surface area contributed by atoms with E-state index in [1.54, 1.807) is 22.1 Å². The molecule has 30 heavy (non-hydrogen) atoms. The van der Waals surface area contributed by atoms with Crippen molar-refractivity contribution in [1.82, 2.24) is 15.1 Å². The lowest BCUT2D eigenvalue weighted by Gasteiger charge is -2.12. The highest BCUT2D eigenvalue weighted by Crippen LogP contribution is 2.28. The van der Waals surface area contributed by atoms with E-state index in [4.69, 9.17) is 4.74 Å². The number of nitrogens with one attached hydrogen (secondary N) is 1. The fourth-order valence-electron chi connectivity index (χ4n) is 2.99. The minimum absolute atomic E-state index is 0.0638. The van der Waals surface area contributed by atoms with Crippen molar-refractivity contribution in [3.63, 3.8) is 0 Å². The summed E-state index contributed by atoms with van der Waals surface area (Å²) in [7, 11) is 0. The Balaban J connectivity index is 1.69. The van der Waals surface area contributed by atoms with Crippen molar-refractivity contribution in [3.05, 3.63) is 65.7 Å². The summed E-state index contributed by atoms with van der Waals surface area (Å²) in [6.07, 6.45) is 6.73. The molecule has 0 aliphatic heterocycles. The third-order valence-electron chi connectivity index (χ3n) is 4.39. The maximum atomic E-state index is 12.1. The maximum Gasteiger partial charge on any atom is 0.331 e. The summed E-state index contributed by atoms with van der Waals surface area (Å²) < 4.78 is 6.84. The van der Waals surface area contributed by atoms with Gasteiger partial charge in [-0.3, -0.25) is 4.79 Å². The molecule has 1 N–H and O–H groups in total. The molecule has 156 valence electrons. The van der Waals surface area contributed by atoms with E-state index < -0.39 is 5.97 Å². The number of nitrogens with zero attached hydrogens (tertiary/aromatic N) is 2. The molecule has 0 aliphatic rings. The summed E-state index contributed by atoms with van der Waals surface area (Å²) >= 11 is 1.58. The van der Waals surface area contributed by atoms with Gasteiger partial charge >= 0.3 is 5.97 Å². The number of aromatic nitrogens is 2. The minimum Gasteiger partial charge on any atom is -0.452 e. The van der Waals surface area contributed by atoms with E-state index in [9.17, 15) is 9.59 Å². The number of hydrogen-bond acceptors (Lipinski definition) is 5. The number of carbonyl (C=O) groups excluding carboxylic acids is 2. The van der Waals surface area contributed by atoms with Crippen LogP contribution in [0.3, 0.4) is 0 Å². The fourth-order valence-corrected chi connectivity index (χ4v) is 3.72. The minimum atomic E-state index is -0.571. The molecule has 0 unspecified atom stereocenters. The second kappa shape index (κ2) is 10.5. The average molecular weight is 424 g/mol. The van der Waals surface area contributed by atoms with Gasteiger partial charge < -0.3 is 10.1 Å². The number of ether oxygens (including phenoxy) is 1. The van der Waals surface area contributed by atoms with E-state index in [0.717, 1.165) is 34.7 Å². The molecule has 0 saturated carbocycles. The molecule has 7 heteroatoms. The van der Waals surface area contributed by atoms with Crippen LogP contribution in [-0.4, -0.2) is 34.3 Å². The third kappa shape index (κ3) is 5.90. The number of rotatable bonds is 9. The third-order valence-corrected chi connectivity index (χ3v) is 5.27. The number of benzene rings is 1. The van der Waals surface area contributed by atoms with Gasteiger partial charge in [-0.05, 0) is 43.0 Å². The lowest BCUT2D eigenvalue weighted by molar-refractivity contribution is -0.144. The Morgan fingerprint density at radius 3 is 2.73 bits per heavy atom. The average Bonchev–Trinajstić information content (AvgIpc) is 3.41. The van der Waals surface area contributed by atoms with Crippen molar-refractivity contribution in [2.75, 3.05) is 6.61 Å². The van der Waals surface area contributed by atoms with Gasteiger partial charge in [0.1, 0.15) is 5.69 Å². The smallest absolute Gasteiger partial charge is 0.331 e. The molecule has 1 amide bonds. The Morgan fingerprint density at radius 1 is 1.23 bits per heavy atom. The highest BCUT2D eigenvalue weighted by atomic mass is 32.1. The topological polar surface area (TPSA) is 73.2 Å². The monoisotopic (exact) mass is 423 g/mol. The van der Waals surface area contributed by atoms with Gasteiger partial charge in [-0.1, -0.05) is 37.6 Å². The number of para-hydroxylation sites is 1. The van der Waals surface area contributed by atoms with Crippen LogP contribution in [0.2, 0.25) is 0 Å². The quantitative estimate of drug-likeness (QED) is 0.407. The summed E-state index contributed by atoms with van der Waals surface area (Å²) in [5, 5.41) is 9.47. The molecule has 0 spiro atoms. The zero-order valence-electron chi connectivity index (χ0n) is 17.1. The summed E-state index contributed by atoms with van der Waals surface area (Å²) in [6.45, 7) is 3.69. The van der Waals surface area contributed by atoms with Crippen molar-refractivity contribution in [2.45, 2.75) is 32.7 Å². The molecule has 1 aromatic carbocycles. The zero-order valence-corrected chi connectivity index (χ0v) is 17.9. The van der Waals surface area contributed by atoms with Crippen molar-refractivity contribution >= 4 is 29.3 Å². The molecule has 0 bridgehead atoms. The van der Waals surface area contributed by atoms with Crippen LogP contribution in [0.4, 0.5) is 0 Å². The molecular formula is C23H25N3O3S. The summed E-state index contributed by atoms with van der Waals surface area (Å²) in [4.78, 5) is 24.9. The number of hydrogen-bond donors (Lipinski definition) is 1. The molecule has 3 aromatic rings. The molecule has 0 radical (unpaired) electrons. The highest BCUT2D eigenvalue weighted by molar-refractivity contribution is 7.13. The first-order chi connectivity index (χ1) is 14.6. The maximum absolute atomic E-state index is 12.1. The molecule has 2 heterocycles. The van der Waals surface area contributed by atoms with E-state index >= 15 is 0 Å². The number of thiophene rings is 1. The van der Waals surface area contributed by atoms with Crippen LogP contribution < -0.4 is 5.32 Å². The number of esters is 1. The predicted molar refractivity (Wildman–Crippen MR) is 119 cm³/mol. The summed E-state index contributed by atoms with van der Waals surface area (Å²) in [5.41, 5.74) is 2.50. The molecule has 1 atom stereocenters. The van der Waals surface area contributed by atoms with Gasteiger partial charge in [0, 0.05) is 23.9 Å². The van der Waals surface area contributed by atoms with E-state index in [2.05, 4.69) is 17.3 Å². The normalized spacial score (nSPS) is 12.1. The molecule has 6 nitrogen and oxygen atoms in total. The summed E-state index contributed by atoms with van der Waals surface area (Å²) in [5.74, 6) is -0.869. The van der Waals surface area contributed by atoms with Gasteiger partial charge in [-0.2, -0.15) is 5.10 Å². The molecule has 0 fully saturated rings. The van der Waals surface area contributed by atoms with Gasteiger partial charge in [-0.25, -0.2) is 9.48 Å². The van der Waals surface area contributed by atoms with Crippen molar-refractivity contribution in [3.8, 4) is 16.3 Å². The van der Waals surface area contributed by atoms with Crippen LogP contribution in [0, 0.1) is 0 Å². The standard InChI is InChI=1S/C23H25N3O3S/c1-3-8-17(2)24-21(27)16-29-22(28)13-12-18-15-26(19-9-5-4-6-10-19)25-23(18)20-11-7-14-30-20/h4-7,9-15,17H,3,8,16H2,1-2H3,(H,24,27)/b13-12+/t17-/m0/s1. The Hall–Kier alpha value is -3.19.